The number of rotatable bonds is 6. The van der Waals surface area contributed by atoms with E-state index >= 15 is 0 Å². The number of nitrogens with zero attached hydrogens (tertiary/aromatic N) is 4. The van der Waals surface area contributed by atoms with Gasteiger partial charge in [0, 0.05) is 12.1 Å². The van der Waals surface area contributed by atoms with Gasteiger partial charge >= 0.3 is 0 Å². The summed E-state index contributed by atoms with van der Waals surface area (Å²) in [5.41, 5.74) is 4.16. The van der Waals surface area contributed by atoms with Gasteiger partial charge in [-0.05, 0) is 37.3 Å². The number of benzene rings is 2. The van der Waals surface area contributed by atoms with Crippen LogP contribution in [0.4, 0.5) is 16.5 Å². The first-order valence-electron chi connectivity index (χ1n) is 7.10. The summed E-state index contributed by atoms with van der Waals surface area (Å²) in [4.78, 5) is 14.5. The number of ether oxygens (including phenoxy) is 1. The van der Waals surface area contributed by atoms with E-state index in [1.165, 1.54) is 23.5 Å². The maximum Gasteiger partial charge on any atom is 0.269 e. The number of nitro benzene ring substituents is 1. The molecule has 1 N–H and O–H groups in total. The van der Waals surface area contributed by atoms with Crippen molar-refractivity contribution < 1.29 is 9.66 Å². The Bertz CT molecular complexity index is 892. The number of nitrogens with one attached hydrogen (secondary N) is 1. The number of fused-ring (bicyclic) bond motifs is 1. The van der Waals surface area contributed by atoms with Crippen LogP contribution in [-0.4, -0.2) is 16.5 Å². The molecule has 0 spiro atoms. The van der Waals surface area contributed by atoms with Gasteiger partial charge in [-0.15, -0.1) is 5.11 Å². The van der Waals surface area contributed by atoms with Crippen molar-refractivity contribution in [3.05, 3.63) is 52.6 Å². The number of hydrogen-bond acceptors (Lipinski definition) is 7. The third-order valence-electron chi connectivity index (χ3n) is 3.05. The van der Waals surface area contributed by atoms with Crippen molar-refractivity contribution >= 4 is 38.1 Å². The molecule has 0 aliphatic rings. The summed E-state index contributed by atoms with van der Waals surface area (Å²) in [5.74, 6) is 0.793. The quantitative estimate of drug-likeness (QED) is 0.396. The maximum atomic E-state index is 10.6. The molecule has 0 aliphatic heterocycles. The van der Waals surface area contributed by atoms with Crippen molar-refractivity contribution in [2.45, 2.75) is 6.92 Å². The Balaban J connectivity index is 1.69. The van der Waals surface area contributed by atoms with E-state index in [0.717, 1.165) is 16.0 Å². The average Bonchev–Trinajstić information content (AvgIpc) is 2.97. The lowest BCUT2D eigenvalue weighted by Gasteiger charge is -2.00. The molecule has 1 aromatic heterocycles. The average molecular weight is 343 g/mol. The zero-order valence-corrected chi connectivity index (χ0v) is 13.5. The van der Waals surface area contributed by atoms with E-state index in [1.54, 1.807) is 12.1 Å². The van der Waals surface area contributed by atoms with E-state index in [9.17, 15) is 10.1 Å². The molecule has 0 aliphatic carbocycles. The maximum absolute atomic E-state index is 10.6. The van der Waals surface area contributed by atoms with Crippen LogP contribution in [-0.2, 0) is 0 Å². The number of anilines is 1. The second-order valence-corrected chi connectivity index (χ2v) is 5.68. The molecule has 0 bridgehead atoms. The highest BCUT2D eigenvalue weighted by Crippen LogP contribution is 2.31. The summed E-state index contributed by atoms with van der Waals surface area (Å²) < 4.78 is 6.42. The molecular weight excluding hydrogens is 330 g/mol. The minimum atomic E-state index is -0.455. The topological polar surface area (TPSA) is 102 Å². The minimum absolute atomic E-state index is 0.0220. The summed E-state index contributed by atoms with van der Waals surface area (Å²) in [5, 5.41) is 19.0. The molecule has 8 nitrogen and oxygen atoms in total. The lowest BCUT2D eigenvalue weighted by Crippen LogP contribution is -1.89. The predicted octanol–water partition coefficient (Wildman–Crippen LogP) is 4.71. The Morgan fingerprint density at radius 1 is 1.29 bits per heavy atom. The number of hydrogen-bond donors (Lipinski definition) is 1. The molecule has 0 fully saturated rings. The van der Waals surface area contributed by atoms with Crippen molar-refractivity contribution in [1.82, 2.24) is 4.98 Å². The van der Waals surface area contributed by atoms with Gasteiger partial charge in [-0.25, -0.2) is 4.98 Å². The number of nitro groups is 1. The zero-order chi connectivity index (χ0) is 16.9. The van der Waals surface area contributed by atoms with Gasteiger partial charge in [-0.3, -0.25) is 15.5 Å². The Morgan fingerprint density at radius 3 is 2.79 bits per heavy atom. The molecule has 1 heterocycles. The standard InChI is InChI=1S/C15H13N5O3S/c1-2-23-12-7-8-13-14(9-12)24-15(16-13)18-19-17-10-3-5-11(6-4-10)20(21)22/h3-9H,2H2,1H3,(H,16,17,18). The Hall–Kier alpha value is -3.07. The molecule has 0 saturated heterocycles. The third kappa shape index (κ3) is 3.63. The molecule has 9 heteroatoms. The van der Waals surface area contributed by atoms with E-state index < -0.39 is 4.92 Å². The second-order valence-electron chi connectivity index (χ2n) is 4.67. The first kappa shape index (κ1) is 15.8. The van der Waals surface area contributed by atoms with E-state index in [-0.39, 0.29) is 5.69 Å². The highest BCUT2D eigenvalue weighted by atomic mass is 32.1. The molecule has 122 valence electrons. The Kier molecular flexibility index (Phi) is 4.62. The number of aromatic nitrogens is 1. The molecule has 0 radical (unpaired) electrons. The molecule has 3 rings (SSSR count). The largest absolute Gasteiger partial charge is 0.494 e. The molecular formula is C15H13N5O3S. The van der Waals surface area contributed by atoms with Gasteiger partial charge in [0.1, 0.15) is 5.75 Å². The minimum Gasteiger partial charge on any atom is -0.494 e. The van der Waals surface area contributed by atoms with Gasteiger partial charge in [0.15, 0.2) is 0 Å². The fraction of sp³-hybridized carbons (Fsp3) is 0.133. The van der Waals surface area contributed by atoms with Crippen LogP contribution in [0, 0.1) is 10.1 Å². The predicted molar refractivity (Wildman–Crippen MR) is 92.0 cm³/mol. The van der Waals surface area contributed by atoms with Crippen LogP contribution >= 0.6 is 11.3 Å². The smallest absolute Gasteiger partial charge is 0.269 e. The van der Waals surface area contributed by atoms with Gasteiger partial charge in [0.2, 0.25) is 5.13 Å². The molecule has 24 heavy (non-hydrogen) atoms. The van der Waals surface area contributed by atoms with Crippen molar-refractivity contribution in [2.75, 3.05) is 12.0 Å². The second kappa shape index (κ2) is 7.01. The Labute approximate surface area is 140 Å². The van der Waals surface area contributed by atoms with Gasteiger partial charge in [0.25, 0.3) is 5.69 Å². The third-order valence-corrected chi connectivity index (χ3v) is 3.95. The van der Waals surface area contributed by atoms with E-state index in [1.807, 2.05) is 25.1 Å². The van der Waals surface area contributed by atoms with Crippen LogP contribution in [0.1, 0.15) is 6.92 Å². The van der Waals surface area contributed by atoms with Crippen molar-refractivity contribution in [1.29, 1.82) is 0 Å². The highest BCUT2D eigenvalue weighted by Gasteiger charge is 2.05. The van der Waals surface area contributed by atoms with Gasteiger partial charge in [-0.2, -0.15) is 0 Å². The van der Waals surface area contributed by atoms with E-state index in [4.69, 9.17) is 4.74 Å². The normalized spacial score (nSPS) is 11.0. The van der Waals surface area contributed by atoms with Crippen LogP contribution in [0.15, 0.2) is 52.8 Å². The number of thiazole rings is 1. The lowest BCUT2D eigenvalue weighted by molar-refractivity contribution is -0.384. The lowest BCUT2D eigenvalue weighted by atomic mass is 10.3. The van der Waals surface area contributed by atoms with Crippen molar-refractivity contribution in [3.8, 4) is 5.75 Å². The first-order chi connectivity index (χ1) is 11.7. The SMILES string of the molecule is CCOc1ccc2nc(N=NNc3ccc([N+](=O)[O-])cc3)sc2c1. The summed E-state index contributed by atoms with van der Waals surface area (Å²) in [6.07, 6.45) is 0. The van der Waals surface area contributed by atoms with Crippen LogP contribution in [0.25, 0.3) is 10.2 Å². The number of non-ortho nitro benzene ring substituents is 1. The molecule has 2 aromatic carbocycles. The van der Waals surface area contributed by atoms with Crippen molar-refractivity contribution in [3.63, 3.8) is 0 Å². The van der Waals surface area contributed by atoms with E-state index in [2.05, 4.69) is 20.7 Å². The summed E-state index contributed by atoms with van der Waals surface area (Å²) in [7, 11) is 0. The fourth-order valence-electron chi connectivity index (χ4n) is 1.98. The Morgan fingerprint density at radius 2 is 2.08 bits per heavy atom. The highest BCUT2D eigenvalue weighted by molar-refractivity contribution is 7.21. The molecule has 3 aromatic rings. The summed E-state index contributed by atoms with van der Waals surface area (Å²) in [6, 6.07) is 11.6. The molecule has 0 saturated carbocycles. The first-order valence-corrected chi connectivity index (χ1v) is 7.92. The van der Waals surface area contributed by atoms with Crippen molar-refractivity contribution in [2.24, 2.45) is 10.3 Å². The molecule has 0 unspecified atom stereocenters. The van der Waals surface area contributed by atoms with Crippen LogP contribution in [0.3, 0.4) is 0 Å². The summed E-state index contributed by atoms with van der Waals surface area (Å²) >= 11 is 1.40. The van der Waals surface area contributed by atoms with Gasteiger partial charge in [-0.1, -0.05) is 16.6 Å². The van der Waals surface area contributed by atoms with Crippen LogP contribution < -0.4 is 10.2 Å². The van der Waals surface area contributed by atoms with Crippen LogP contribution in [0.5, 0.6) is 5.75 Å². The molecule has 0 atom stereocenters. The van der Waals surface area contributed by atoms with Crippen LogP contribution in [0.2, 0.25) is 0 Å². The fourth-order valence-corrected chi connectivity index (χ4v) is 2.79. The zero-order valence-electron chi connectivity index (χ0n) is 12.7. The van der Waals surface area contributed by atoms with Gasteiger partial charge in [0.05, 0.1) is 27.4 Å². The summed E-state index contributed by atoms with van der Waals surface area (Å²) in [6.45, 7) is 2.54. The molecule has 0 amide bonds. The monoisotopic (exact) mass is 343 g/mol. The van der Waals surface area contributed by atoms with Gasteiger partial charge < -0.3 is 4.74 Å². The van der Waals surface area contributed by atoms with E-state index in [0.29, 0.717) is 17.4 Å².